The third-order valence-electron chi connectivity index (χ3n) is 8.73. The maximum Gasteiger partial charge on any atom is 0.319 e. The van der Waals surface area contributed by atoms with E-state index in [1.165, 1.54) is 13.2 Å². The first-order valence-corrected chi connectivity index (χ1v) is 14.0. The van der Waals surface area contributed by atoms with E-state index in [0.29, 0.717) is 29.0 Å². The number of benzene rings is 2. The number of fused-ring (bicyclic) bond motifs is 3. The van der Waals surface area contributed by atoms with Crippen molar-refractivity contribution in [2.45, 2.75) is 44.4 Å². The maximum absolute atomic E-state index is 13.8. The van der Waals surface area contributed by atoms with Gasteiger partial charge in [0.1, 0.15) is 23.2 Å². The molecule has 0 aliphatic heterocycles. The zero-order valence-electron chi connectivity index (χ0n) is 23.8. The van der Waals surface area contributed by atoms with Crippen LogP contribution in [0.3, 0.4) is 0 Å². The van der Waals surface area contributed by atoms with Gasteiger partial charge in [-0.2, -0.15) is 0 Å². The summed E-state index contributed by atoms with van der Waals surface area (Å²) in [6.07, 6.45) is -1.45. The summed E-state index contributed by atoms with van der Waals surface area (Å²) >= 11 is 0. The minimum absolute atomic E-state index is 0.0122. The molecule has 0 radical (unpaired) electrons. The summed E-state index contributed by atoms with van der Waals surface area (Å²) in [5.74, 6) is -7.57. The number of Topliss-reactive ketones (excluding diaryl/α,β-unsaturated/α-hetero) is 2. The highest BCUT2D eigenvalue weighted by molar-refractivity contribution is 6.24. The largest absolute Gasteiger partial charge is 0.507 e. The number of aliphatic hydroxyl groups is 3. The van der Waals surface area contributed by atoms with E-state index in [9.17, 15) is 39.6 Å². The molecule has 3 aliphatic carbocycles. The molecule has 2 saturated carbocycles. The van der Waals surface area contributed by atoms with Crippen LogP contribution in [-0.2, 0) is 36.9 Å². The Kier molecular flexibility index (Phi) is 8.03. The SMILES string of the molecule is CCOC(=O)CNCc1ccc(OC)c(-c2ccc(O)c3c2C[C@H]2C[C@H]4CC(O)C(C(N)=O)C(=O)[C@@]4(O)C(=O)C2=C3O)c1. The molecule has 2 aromatic rings. The number of hydrogen-bond donors (Lipinski definition) is 6. The van der Waals surface area contributed by atoms with Crippen molar-refractivity contribution in [3.05, 3.63) is 52.6 Å². The molecular weight excluding hydrogens is 560 g/mol. The number of phenols is 1. The number of ether oxygens (including phenoxy) is 2. The minimum atomic E-state index is -2.64. The third-order valence-corrected chi connectivity index (χ3v) is 8.73. The van der Waals surface area contributed by atoms with Crippen LogP contribution in [0.1, 0.15) is 36.5 Å². The van der Waals surface area contributed by atoms with Crippen molar-refractivity contribution in [3.63, 3.8) is 0 Å². The normalized spacial score (nSPS) is 26.3. The molecule has 12 nitrogen and oxygen atoms in total. The molecule has 0 saturated heterocycles. The van der Waals surface area contributed by atoms with Gasteiger partial charge in [-0.05, 0) is 67.0 Å². The van der Waals surface area contributed by atoms with Gasteiger partial charge >= 0.3 is 5.97 Å². The fourth-order valence-electron chi connectivity index (χ4n) is 6.77. The van der Waals surface area contributed by atoms with E-state index in [1.807, 2.05) is 12.1 Å². The number of ketones is 2. The molecule has 12 heteroatoms. The van der Waals surface area contributed by atoms with Crippen molar-refractivity contribution in [1.29, 1.82) is 0 Å². The van der Waals surface area contributed by atoms with Gasteiger partial charge in [-0.15, -0.1) is 0 Å². The van der Waals surface area contributed by atoms with E-state index in [4.69, 9.17) is 15.2 Å². The standard InChI is InChI=1S/C31H34N2O10/c1-3-43-23(36)13-33-12-14-4-7-22(42-2)18(8-14)17-5-6-20(34)25-19(17)10-15-9-16-11-21(35)26(30(32)40)29(39)31(16,41)28(38)24(15)27(25)37/h4-8,15-16,21,26,33-35,37,41H,3,9-13H2,1-2H3,(H2,32,40)/t15-,16+,21?,26?,31+/m1/s1. The predicted octanol–water partition coefficient (Wildman–Crippen LogP) is 0.917. The summed E-state index contributed by atoms with van der Waals surface area (Å²) < 4.78 is 10.6. The molecule has 0 aromatic heterocycles. The second-order valence-electron chi connectivity index (χ2n) is 11.2. The van der Waals surface area contributed by atoms with Gasteiger partial charge in [-0.3, -0.25) is 19.2 Å². The lowest BCUT2D eigenvalue weighted by molar-refractivity contribution is -0.174. The van der Waals surface area contributed by atoms with E-state index >= 15 is 0 Å². The second kappa shape index (κ2) is 11.4. The van der Waals surface area contributed by atoms with Crippen molar-refractivity contribution in [2.75, 3.05) is 20.3 Å². The highest BCUT2D eigenvalue weighted by Crippen LogP contribution is 2.53. The molecule has 2 aromatic carbocycles. The molecule has 1 amide bonds. The summed E-state index contributed by atoms with van der Waals surface area (Å²) in [6.45, 7) is 2.36. The number of methoxy groups -OCH3 is 1. The summed E-state index contributed by atoms with van der Waals surface area (Å²) in [5.41, 5.74) is 5.03. The molecule has 5 rings (SSSR count). The molecule has 0 spiro atoms. The van der Waals surface area contributed by atoms with Crippen molar-refractivity contribution >= 4 is 29.2 Å². The molecule has 5 atom stereocenters. The molecule has 3 aliphatic rings. The van der Waals surface area contributed by atoms with Gasteiger partial charge in [0, 0.05) is 23.6 Å². The summed E-state index contributed by atoms with van der Waals surface area (Å²) in [5, 5.41) is 47.3. The van der Waals surface area contributed by atoms with Crippen molar-refractivity contribution in [3.8, 4) is 22.6 Å². The Morgan fingerprint density at radius 3 is 2.53 bits per heavy atom. The quantitative estimate of drug-likeness (QED) is 0.187. The van der Waals surface area contributed by atoms with E-state index in [2.05, 4.69) is 5.32 Å². The number of carbonyl (C=O) groups is 4. The number of primary amides is 1. The lowest BCUT2D eigenvalue weighted by Gasteiger charge is -2.48. The zero-order chi connectivity index (χ0) is 31.2. The Bertz CT molecular complexity index is 1550. The number of carbonyl (C=O) groups excluding carboxylic acids is 4. The van der Waals surface area contributed by atoms with Crippen LogP contribution in [0.4, 0.5) is 0 Å². The fourth-order valence-corrected chi connectivity index (χ4v) is 6.77. The van der Waals surface area contributed by atoms with Crippen molar-refractivity contribution in [1.82, 2.24) is 5.32 Å². The van der Waals surface area contributed by atoms with Gasteiger partial charge in [-0.25, -0.2) is 0 Å². The first-order valence-electron chi connectivity index (χ1n) is 14.0. The Morgan fingerprint density at radius 1 is 1.12 bits per heavy atom. The molecule has 0 heterocycles. The second-order valence-corrected chi connectivity index (χ2v) is 11.2. The van der Waals surface area contributed by atoms with Crippen LogP contribution in [0.15, 0.2) is 35.9 Å². The maximum atomic E-state index is 13.8. The van der Waals surface area contributed by atoms with E-state index < -0.39 is 52.7 Å². The van der Waals surface area contributed by atoms with Gasteiger partial charge in [0.2, 0.25) is 11.7 Å². The van der Waals surface area contributed by atoms with Gasteiger partial charge in [0.25, 0.3) is 0 Å². The van der Waals surface area contributed by atoms with E-state index in [1.54, 1.807) is 19.1 Å². The molecular formula is C31H34N2O10. The number of aliphatic hydroxyl groups excluding tert-OH is 2. The van der Waals surface area contributed by atoms with Crippen molar-refractivity contribution in [2.24, 2.45) is 23.5 Å². The van der Waals surface area contributed by atoms with Gasteiger partial charge in [0.15, 0.2) is 11.4 Å². The molecule has 7 N–H and O–H groups in total. The number of aromatic hydroxyl groups is 1. The fraction of sp³-hybridized carbons (Fsp3) is 0.419. The highest BCUT2D eigenvalue weighted by atomic mass is 16.5. The number of esters is 1. The highest BCUT2D eigenvalue weighted by Gasteiger charge is 2.64. The monoisotopic (exact) mass is 594 g/mol. The van der Waals surface area contributed by atoms with Crippen LogP contribution in [0, 0.1) is 17.8 Å². The van der Waals surface area contributed by atoms with Gasteiger partial charge in [0.05, 0.1) is 31.9 Å². The summed E-state index contributed by atoms with van der Waals surface area (Å²) in [4.78, 5) is 50.6. The first kappa shape index (κ1) is 30.2. The van der Waals surface area contributed by atoms with Gasteiger partial charge < -0.3 is 41.0 Å². The number of hydrogen-bond acceptors (Lipinski definition) is 11. The third kappa shape index (κ3) is 4.94. The molecule has 2 unspecified atom stereocenters. The average Bonchev–Trinajstić information content (AvgIpc) is 2.95. The minimum Gasteiger partial charge on any atom is -0.507 e. The van der Waals surface area contributed by atoms with Crippen LogP contribution >= 0.6 is 0 Å². The molecule has 228 valence electrons. The van der Waals surface area contributed by atoms with E-state index in [-0.39, 0.29) is 55.3 Å². The Labute approximate surface area is 247 Å². The van der Waals surface area contributed by atoms with E-state index in [0.717, 1.165) is 5.56 Å². The average molecular weight is 595 g/mol. The number of rotatable bonds is 8. The van der Waals surface area contributed by atoms with Crippen LogP contribution in [-0.4, -0.2) is 75.8 Å². The smallest absolute Gasteiger partial charge is 0.319 e. The number of nitrogens with one attached hydrogen (secondary N) is 1. The van der Waals surface area contributed by atoms with Crippen LogP contribution in [0.2, 0.25) is 0 Å². The van der Waals surface area contributed by atoms with Gasteiger partial charge in [-0.1, -0.05) is 12.1 Å². The molecule has 0 bridgehead atoms. The first-order chi connectivity index (χ1) is 20.4. The predicted molar refractivity (Wildman–Crippen MR) is 152 cm³/mol. The number of amides is 1. The van der Waals surface area contributed by atoms with Crippen LogP contribution < -0.4 is 15.8 Å². The lowest BCUT2D eigenvalue weighted by Crippen LogP contribution is -2.66. The Hall–Kier alpha value is -4.26. The Balaban J connectivity index is 1.56. The van der Waals surface area contributed by atoms with Crippen molar-refractivity contribution < 1.29 is 49.1 Å². The topological polar surface area (TPSA) is 206 Å². The number of phenolic OH excluding ortho intramolecular Hbond substituents is 1. The van der Waals surface area contributed by atoms with Crippen LogP contribution in [0.25, 0.3) is 16.9 Å². The summed E-state index contributed by atoms with van der Waals surface area (Å²) in [7, 11) is 1.51. The Morgan fingerprint density at radius 2 is 1.86 bits per heavy atom. The van der Waals surface area contributed by atoms with Crippen LogP contribution in [0.5, 0.6) is 11.5 Å². The lowest BCUT2D eigenvalue weighted by atomic mass is 9.56. The number of nitrogens with two attached hydrogens (primary N) is 1. The molecule has 43 heavy (non-hydrogen) atoms. The molecule has 2 fully saturated rings. The summed E-state index contributed by atoms with van der Waals surface area (Å²) in [6, 6.07) is 8.48. The zero-order valence-corrected chi connectivity index (χ0v) is 23.8.